The van der Waals surface area contributed by atoms with Gasteiger partial charge in [-0.3, -0.25) is 9.69 Å². The second-order valence-electron chi connectivity index (χ2n) is 5.03. The van der Waals surface area contributed by atoms with E-state index < -0.39 is 0 Å². The van der Waals surface area contributed by atoms with Crippen LogP contribution in [0.25, 0.3) is 6.08 Å². The van der Waals surface area contributed by atoms with Crippen LogP contribution in [0.4, 0.5) is 0 Å². The molecule has 0 radical (unpaired) electrons. The fourth-order valence-electron chi connectivity index (χ4n) is 2.33. The maximum Gasteiger partial charge on any atom is 0.161 e. The molecule has 1 aromatic carbocycles. The van der Waals surface area contributed by atoms with Gasteiger partial charge >= 0.3 is 0 Å². The number of aryl methyl sites for hydroxylation is 1. The van der Waals surface area contributed by atoms with Crippen molar-refractivity contribution in [3.63, 3.8) is 0 Å². The lowest BCUT2D eigenvalue weighted by Gasteiger charge is -2.27. The molecule has 1 aliphatic rings. The van der Waals surface area contributed by atoms with E-state index in [9.17, 15) is 4.79 Å². The van der Waals surface area contributed by atoms with Crippen LogP contribution in [0.15, 0.2) is 29.8 Å². The largest absolute Gasteiger partial charge is 0.299 e. The molecule has 18 heavy (non-hydrogen) atoms. The van der Waals surface area contributed by atoms with Gasteiger partial charge in [-0.25, -0.2) is 0 Å². The van der Waals surface area contributed by atoms with Crippen molar-refractivity contribution in [2.24, 2.45) is 0 Å². The van der Waals surface area contributed by atoms with Crippen LogP contribution in [0.2, 0.25) is 0 Å². The summed E-state index contributed by atoms with van der Waals surface area (Å²) < 4.78 is 0. The van der Waals surface area contributed by atoms with Crippen molar-refractivity contribution in [2.75, 3.05) is 19.6 Å². The van der Waals surface area contributed by atoms with Gasteiger partial charge in [-0.1, -0.05) is 36.8 Å². The van der Waals surface area contributed by atoms with E-state index in [1.165, 1.54) is 5.56 Å². The van der Waals surface area contributed by atoms with Crippen LogP contribution in [-0.2, 0) is 4.79 Å². The Morgan fingerprint density at radius 1 is 1.28 bits per heavy atom. The molecule has 1 heterocycles. The number of rotatable bonds is 3. The highest BCUT2D eigenvalue weighted by Crippen LogP contribution is 2.16. The van der Waals surface area contributed by atoms with Gasteiger partial charge in [0, 0.05) is 25.1 Å². The third-order valence-corrected chi connectivity index (χ3v) is 3.37. The number of hydrogen-bond donors (Lipinski definition) is 0. The van der Waals surface area contributed by atoms with Crippen LogP contribution < -0.4 is 0 Å². The first-order valence-electron chi connectivity index (χ1n) is 6.72. The molecule has 0 aromatic heterocycles. The molecule has 2 rings (SSSR count). The molecule has 2 nitrogen and oxygen atoms in total. The highest BCUT2D eigenvalue weighted by atomic mass is 16.1. The lowest BCUT2D eigenvalue weighted by molar-refractivity contribution is -0.117. The van der Waals surface area contributed by atoms with Crippen LogP contribution in [0, 0.1) is 6.92 Å². The first-order valence-corrected chi connectivity index (χ1v) is 6.72. The summed E-state index contributed by atoms with van der Waals surface area (Å²) in [5.41, 5.74) is 3.33. The number of Topliss-reactive ketones (excluding diaryl/α,β-unsaturated/α-hetero) is 1. The van der Waals surface area contributed by atoms with E-state index in [0.29, 0.717) is 12.2 Å². The maximum absolute atomic E-state index is 11.9. The fourth-order valence-corrected chi connectivity index (χ4v) is 2.33. The quantitative estimate of drug-likeness (QED) is 0.760. The average molecular weight is 243 g/mol. The first kappa shape index (κ1) is 13.0. The van der Waals surface area contributed by atoms with Crippen LogP contribution >= 0.6 is 0 Å². The van der Waals surface area contributed by atoms with Gasteiger partial charge in [-0.05, 0) is 31.5 Å². The Hall–Kier alpha value is -1.41. The van der Waals surface area contributed by atoms with E-state index in [2.05, 4.69) is 43.0 Å². The van der Waals surface area contributed by atoms with E-state index >= 15 is 0 Å². The number of carbonyl (C=O) groups is 1. The SMILES string of the molecule is CCCN1CCC(=O)/C(=C/c2ccc(C)cc2)C1. The number of nitrogens with zero attached hydrogens (tertiary/aromatic N) is 1. The highest BCUT2D eigenvalue weighted by molar-refractivity contribution is 6.00. The summed E-state index contributed by atoms with van der Waals surface area (Å²) in [4.78, 5) is 14.3. The molecule has 2 heteroatoms. The second-order valence-corrected chi connectivity index (χ2v) is 5.03. The Morgan fingerprint density at radius 3 is 2.67 bits per heavy atom. The zero-order chi connectivity index (χ0) is 13.0. The number of likely N-dealkylation sites (tertiary alicyclic amines) is 1. The minimum Gasteiger partial charge on any atom is -0.299 e. The van der Waals surface area contributed by atoms with E-state index in [4.69, 9.17) is 0 Å². The van der Waals surface area contributed by atoms with E-state index in [0.717, 1.165) is 37.2 Å². The molecule has 1 aliphatic heterocycles. The van der Waals surface area contributed by atoms with E-state index in [1.807, 2.05) is 6.08 Å². The summed E-state index contributed by atoms with van der Waals surface area (Å²) in [6.07, 6.45) is 3.85. The topological polar surface area (TPSA) is 20.3 Å². The summed E-state index contributed by atoms with van der Waals surface area (Å²) >= 11 is 0. The van der Waals surface area contributed by atoms with Gasteiger partial charge in [0.15, 0.2) is 5.78 Å². The number of ketones is 1. The molecule has 1 fully saturated rings. The highest BCUT2D eigenvalue weighted by Gasteiger charge is 2.20. The van der Waals surface area contributed by atoms with Gasteiger partial charge in [0.2, 0.25) is 0 Å². The summed E-state index contributed by atoms with van der Waals surface area (Å²) in [6.45, 7) is 7.06. The van der Waals surface area contributed by atoms with Gasteiger partial charge in [0.1, 0.15) is 0 Å². The third kappa shape index (κ3) is 3.30. The molecule has 0 atom stereocenters. The molecule has 1 aromatic rings. The minimum atomic E-state index is 0.308. The van der Waals surface area contributed by atoms with E-state index in [-0.39, 0.29) is 0 Å². The van der Waals surface area contributed by atoms with Crippen molar-refractivity contribution in [1.29, 1.82) is 0 Å². The summed E-state index contributed by atoms with van der Waals surface area (Å²) in [7, 11) is 0. The van der Waals surface area contributed by atoms with Gasteiger partial charge in [-0.15, -0.1) is 0 Å². The first-order chi connectivity index (χ1) is 8.69. The third-order valence-electron chi connectivity index (χ3n) is 3.37. The number of carbonyl (C=O) groups excluding carboxylic acids is 1. The van der Waals surface area contributed by atoms with Crippen molar-refractivity contribution >= 4 is 11.9 Å². The molecule has 1 saturated heterocycles. The van der Waals surface area contributed by atoms with Crippen molar-refractivity contribution in [3.8, 4) is 0 Å². The smallest absolute Gasteiger partial charge is 0.161 e. The van der Waals surface area contributed by atoms with Gasteiger partial charge < -0.3 is 0 Å². The summed E-state index contributed by atoms with van der Waals surface area (Å²) in [5, 5.41) is 0. The van der Waals surface area contributed by atoms with Crippen molar-refractivity contribution < 1.29 is 4.79 Å². The van der Waals surface area contributed by atoms with Crippen molar-refractivity contribution in [1.82, 2.24) is 4.90 Å². The number of benzene rings is 1. The molecule has 0 spiro atoms. The van der Waals surface area contributed by atoms with Gasteiger partial charge in [0.25, 0.3) is 0 Å². The Kier molecular flexibility index (Phi) is 4.32. The predicted molar refractivity (Wildman–Crippen MR) is 75.5 cm³/mol. The number of hydrogen-bond acceptors (Lipinski definition) is 2. The number of piperidine rings is 1. The monoisotopic (exact) mass is 243 g/mol. The zero-order valence-electron chi connectivity index (χ0n) is 11.3. The van der Waals surface area contributed by atoms with Gasteiger partial charge in [-0.2, -0.15) is 0 Å². The minimum absolute atomic E-state index is 0.308. The predicted octanol–water partition coefficient (Wildman–Crippen LogP) is 3.06. The molecule has 0 bridgehead atoms. The van der Waals surface area contributed by atoms with Crippen LogP contribution in [-0.4, -0.2) is 30.3 Å². The summed E-state index contributed by atoms with van der Waals surface area (Å²) in [5.74, 6) is 0.308. The van der Waals surface area contributed by atoms with Crippen molar-refractivity contribution in [3.05, 3.63) is 41.0 Å². The van der Waals surface area contributed by atoms with Crippen LogP contribution in [0.3, 0.4) is 0 Å². The molecule has 0 saturated carbocycles. The molecular formula is C16H21NO. The molecule has 0 N–H and O–H groups in total. The molecule has 0 amide bonds. The molecular weight excluding hydrogens is 222 g/mol. The maximum atomic E-state index is 11.9. The Labute approximate surface area is 109 Å². The lowest BCUT2D eigenvalue weighted by Crippen LogP contribution is -2.36. The standard InChI is InChI=1S/C16H21NO/c1-3-9-17-10-8-16(18)15(12-17)11-14-6-4-13(2)5-7-14/h4-7,11H,3,8-10,12H2,1-2H3/b15-11+. The zero-order valence-corrected chi connectivity index (χ0v) is 11.3. The van der Waals surface area contributed by atoms with E-state index in [1.54, 1.807) is 0 Å². The Bertz CT molecular complexity index is 445. The average Bonchev–Trinajstić information content (AvgIpc) is 2.36. The second kappa shape index (κ2) is 5.96. The van der Waals surface area contributed by atoms with Gasteiger partial charge in [0.05, 0.1) is 0 Å². The van der Waals surface area contributed by atoms with Crippen LogP contribution in [0.1, 0.15) is 30.9 Å². The molecule has 96 valence electrons. The summed E-state index contributed by atoms with van der Waals surface area (Å²) in [6, 6.07) is 8.33. The van der Waals surface area contributed by atoms with Crippen LogP contribution in [0.5, 0.6) is 0 Å². The molecule has 0 aliphatic carbocycles. The van der Waals surface area contributed by atoms with Crippen molar-refractivity contribution in [2.45, 2.75) is 26.7 Å². The normalized spacial score (nSPS) is 19.4. The Morgan fingerprint density at radius 2 is 2.00 bits per heavy atom. The fraction of sp³-hybridized carbons (Fsp3) is 0.438. The lowest BCUT2D eigenvalue weighted by atomic mass is 10.00. The Balaban J connectivity index is 2.14. The molecule has 0 unspecified atom stereocenters.